The molecule has 0 aliphatic carbocycles. The number of furan rings is 1. The SMILES string of the molecule is COCC(C)NC(=O)CNC(C)c1cc(C)oc1C. The zero-order valence-electron chi connectivity index (χ0n) is 12.4. The third-order valence-electron chi connectivity index (χ3n) is 2.94. The average Bonchev–Trinajstić information content (AvgIpc) is 2.65. The Labute approximate surface area is 114 Å². The van der Waals surface area contributed by atoms with Crippen molar-refractivity contribution in [3.05, 3.63) is 23.2 Å². The highest BCUT2D eigenvalue weighted by molar-refractivity contribution is 5.78. The fraction of sp³-hybridized carbons (Fsp3) is 0.643. The molecule has 0 aliphatic heterocycles. The highest BCUT2D eigenvalue weighted by Gasteiger charge is 2.14. The van der Waals surface area contributed by atoms with E-state index in [9.17, 15) is 4.79 Å². The number of ether oxygens (including phenoxy) is 1. The molecule has 1 amide bonds. The van der Waals surface area contributed by atoms with Crippen LogP contribution in [0.4, 0.5) is 0 Å². The van der Waals surface area contributed by atoms with Crippen molar-refractivity contribution in [1.29, 1.82) is 0 Å². The number of aryl methyl sites for hydroxylation is 2. The van der Waals surface area contributed by atoms with E-state index in [0.29, 0.717) is 6.61 Å². The van der Waals surface area contributed by atoms with E-state index in [1.807, 2.05) is 33.8 Å². The number of nitrogens with one attached hydrogen (secondary N) is 2. The van der Waals surface area contributed by atoms with E-state index >= 15 is 0 Å². The van der Waals surface area contributed by atoms with Gasteiger partial charge in [0, 0.05) is 24.8 Å². The fourth-order valence-corrected chi connectivity index (χ4v) is 2.05. The molecule has 5 heteroatoms. The minimum atomic E-state index is -0.0331. The Hall–Kier alpha value is -1.33. The van der Waals surface area contributed by atoms with Gasteiger partial charge in [0.05, 0.1) is 13.2 Å². The van der Waals surface area contributed by atoms with Crippen molar-refractivity contribution in [1.82, 2.24) is 10.6 Å². The third kappa shape index (κ3) is 5.04. The number of amides is 1. The second kappa shape index (κ2) is 7.31. The van der Waals surface area contributed by atoms with Gasteiger partial charge in [-0.2, -0.15) is 0 Å². The number of hydrogen-bond acceptors (Lipinski definition) is 4. The van der Waals surface area contributed by atoms with Crippen LogP contribution in [0.15, 0.2) is 10.5 Å². The first-order chi connectivity index (χ1) is 8.93. The van der Waals surface area contributed by atoms with Crippen LogP contribution in [0, 0.1) is 13.8 Å². The summed E-state index contributed by atoms with van der Waals surface area (Å²) in [5.41, 5.74) is 1.09. The van der Waals surface area contributed by atoms with Crippen LogP contribution in [0.1, 0.15) is 37.0 Å². The Morgan fingerprint density at radius 2 is 2.11 bits per heavy atom. The lowest BCUT2D eigenvalue weighted by molar-refractivity contribution is -0.121. The van der Waals surface area contributed by atoms with Crippen LogP contribution in [0.25, 0.3) is 0 Å². The Morgan fingerprint density at radius 1 is 1.42 bits per heavy atom. The average molecular weight is 268 g/mol. The van der Waals surface area contributed by atoms with E-state index in [1.54, 1.807) is 7.11 Å². The minimum absolute atomic E-state index is 0.0208. The van der Waals surface area contributed by atoms with E-state index in [2.05, 4.69) is 10.6 Å². The number of carbonyl (C=O) groups excluding carboxylic acids is 1. The van der Waals surface area contributed by atoms with Crippen molar-refractivity contribution in [2.45, 2.75) is 39.8 Å². The zero-order chi connectivity index (χ0) is 14.4. The van der Waals surface area contributed by atoms with Gasteiger partial charge in [0.15, 0.2) is 0 Å². The number of carbonyl (C=O) groups is 1. The smallest absolute Gasteiger partial charge is 0.234 e. The maximum absolute atomic E-state index is 11.7. The van der Waals surface area contributed by atoms with E-state index in [0.717, 1.165) is 17.1 Å². The van der Waals surface area contributed by atoms with E-state index in [-0.39, 0.29) is 24.5 Å². The molecule has 0 saturated carbocycles. The number of hydrogen-bond donors (Lipinski definition) is 2. The lowest BCUT2D eigenvalue weighted by Gasteiger charge is -2.16. The molecule has 2 N–H and O–H groups in total. The van der Waals surface area contributed by atoms with Crippen molar-refractivity contribution in [2.75, 3.05) is 20.3 Å². The first kappa shape index (κ1) is 15.7. The van der Waals surface area contributed by atoms with Crippen LogP contribution in [0.2, 0.25) is 0 Å². The highest BCUT2D eigenvalue weighted by atomic mass is 16.5. The van der Waals surface area contributed by atoms with Gasteiger partial charge in [-0.05, 0) is 33.8 Å². The quantitative estimate of drug-likeness (QED) is 0.790. The lowest BCUT2D eigenvalue weighted by atomic mass is 10.1. The number of methoxy groups -OCH3 is 1. The monoisotopic (exact) mass is 268 g/mol. The molecule has 1 aromatic heterocycles. The number of rotatable bonds is 7. The predicted molar refractivity (Wildman–Crippen MR) is 74.1 cm³/mol. The van der Waals surface area contributed by atoms with Crippen molar-refractivity contribution >= 4 is 5.91 Å². The Bertz CT molecular complexity index is 415. The highest BCUT2D eigenvalue weighted by Crippen LogP contribution is 2.20. The van der Waals surface area contributed by atoms with Crippen molar-refractivity contribution in [3.63, 3.8) is 0 Å². The summed E-state index contributed by atoms with van der Waals surface area (Å²) >= 11 is 0. The van der Waals surface area contributed by atoms with Gasteiger partial charge in [0.25, 0.3) is 0 Å². The molecular formula is C14H24N2O3. The molecule has 1 heterocycles. The molecule has 0 aliphatic rings. The first-order valence-corrected chi connectivity index (χ1v) is 6.52. The van der Waals surface area contributed by atoms with Crippen LogP contribution < -0.4 is 10.6 Å². The summed E-state index contributed by atoms with van der Waals surface area (Å²) < 4.78 is 10.5. The van der Waals surface area contributed by atoms with Crippen LogP contribution in [0.5, 0.6) is 0 Å². The van der Waals surface area contributed by atoms with Gasteiger partial charge < -0.3 is 19.8 Å². The Balaban J connectivity index is 2.40. The van der Waals surface area contributed by atoms with Gasteiger partial charge in [-0.15, -0.1) is 0 Å². The molecule has 0 aromatic carbocycles. The lowest BCUT2D eigenvalue weighted by Crippen LogP contribution is -2.41. The van der Waals surface area contributed by atoms with Gasteiger partial charge in [-0.25, -0.2) is 0 Å². The van der Waals surface area contributed by atoms with E-state index < -0.39 is 0 Å². The Morgan fingerprint density at radius 3 is 2.63 bits per heavy atom. The molecule has 0 bridgehead atoms. The van der Waals surface area contributed by atoms with Crippen molar-refractivity contribution < 1.29 is 13.9 Å². The standard InChI is InChI=1S/C14H24N2O3/c1-9(8-18-5)16-14(17)7-15-11(3)13-6-10(2)19-12(13)4/h6,9,11,15H,7-8H2,1-5H3,(H,16,17). The second-order valence-corrected chi connectivity index (χ2v) is 4.90. The normalized spacial score (nSPS) is 14.2. The van der Waals surface area contributed by atoms with Gasteiger partial charge in [-0.3, -0.25) is 4.79 Å². The molecular weight excluding hydrogens is 244 g/mol. The van der Waals surface area contributed by atoms with E-state index in [1.165, 1.54) is 0 Å². The molecule has 0 saturated heterocycles. The summed E-state index contributed by atoms with van der Waals surface area (Å²) in [6.45, 7) is 8.57. The topological polar surface area (TPSA) is 63.5 Å². The summed E-state index contributed by atoms with van der Waals surface area (Å²) in [5, 5.41) is 6.05. The fourth-order valence-electron chi connectivity index (χ4n) is 2.05. The molecule has 5 nitrogen and oxygen atoms in total. The summed E-state index contributed by atoms with van der Waals surface area (Å²) in [6.07, 6.45) is 0. The predicted octanol–water partition coefficient (Wildman–Crippen LogP) is 1.70. The summed E-state index contributed by atoms with van der Waals surface area (Å²) in [6, 6.07) is 2.10. The van der Waals surface area contributed by atoms with Crippen molar-refractivity contribution in [2.24, 2.45) is 0 Å². The molecule has 0 spiro atoms. The van der Waals surface area contributed by atoms with Crippen LogP contribution in [0.3, 0.4) is 0 Å². The third-order valence-corrected chi connectivity index (χ3v) is 2.94. The molecule has 0 fully saturated rings. The van der Waals surface area contributed by atoms with E-state index in [4.69, 9.17) is 9.15 Å². The van der Waals surface area contributed by atoms with Crippen LogP contribution in [-0.2, 0) is 9.53 Å². The summed E-state index contributed by atoms with van der Waals surface area (Å²) in [4.78, 5) is 11.7. The summed E-state index contributed by atoms with van der Waals surface area (Å²) in [5.74, 6) is 1.75. The Kier molecular flexibility index (Phi) is 6.05. The summed E-state index contributed by atoms with van der Waals surface area (Å²) in [7, 11) is 1.62. The van der Waals surface area contributed by atoms with Gasteiger partial charge in [0.2, 0.25) is 5.91 Å². The maximum Gasteiger partial charge on any atom is 0.234 e. The largest absolute Gasteiger partial charge is 0.466 e. The minimum Gasteiger partial charge on any atom is -0.466 e. The van der Waals surface area contributed by atoms with Crippen LogP contribution in [-0.4, -0.2) is 32.2 Å². The molecule has 2 unspecified atom stereocenters. The van der Waals surface area contributed by atoms with Gasteiger partial charge in [0.1, 0.15) is 11.5 Å². The molecule has 2 atom stereocenters. The second-order valence-electron chi connectivity index (χ2n) is 4.90. The maximum atomic E-state index is 11.7. The van der Waals surface area contributed by atoms with Gasteiger partial charge in [-0.1, -0.05) is 0 Å². The van der Waals surface area contributed by atoms with Crippen molar-refractivity contribution in [3.8, 4) is 0 Å². The molecule has 108 valence electrons. The van der Waals surface area contributed by atoms with Gasteiger partial charge >= 0.3 is 0 Å². The molecule has 1 rings (SSSR count). The zero-order valence-corrected chi connectivity index (χ0v) is 12.4. The van der Waals surface area contributed by atoms with Crippen LogP contribution >= 0.6 is 0 Å². The molecule has 1 aromatic rings. The molecule has 0 radical (unpaired) electrons. The molecule has 19 heavy (non-hydrogen) atoms. The first-order valence-electron chi connectivity index (χ1n) is 6.52.